The van der Waals surface area contributed by atoms with Crippen molar-refractivity contribution >= 4 is 28.9 Å². The first-order chi connectivity index (χ1) is 6.58. The molecule has 0 bridgehead atoms. The van der Waals surface area contributed by atoms with Crippen molar-refractivity contribution in [1.82, 2.24) is 5.32 Å². The summed E-state index contributed by atoms with van der Waals surface area (Å²) in [7, 11) is 0. The van der Waals surface area contributed by atoms with Crippen LogP contribution in [-0.2, 0) is 4.79 Å². The summed E-state index contributed by atoms with van der Waals surface area (Å²) < 4.78 is 0. The summed E-state index contributed by atoms with van der Waals surface area (Å²) in [5, 5.41) is 5.71. The lowest BCUT2D eigenvalue weighted by molar-refractivity contribution is -0.117. The van der Waals surface area contributed by atoms with Gasteiger partial charge in [0.25, 0.3) is 0 Å². The van der Waals surface area contributed by atoms with Gasteiger partial charge in [-0.05, 0) is 31.3 Å². The van der Waals surface area contributed by atoms with Crippen LogP contribution in [0.4, 0.5) is 5.69 Å². The molecule has 0 unspecified atom stereocenters. The average molecular weight is 208 g/mol. The fourth-order valence-electron chi connectivity index (χ4n) is 0.959. The van der Waals surface area contributed by atoms with Crippen LogP contribution in [0.2, 0.25) is 0 Å². The average Bonchev–Trinajstić information content (AvgIpc) is 2.07. The predicted octanol–water partition coefficient (Wildman–Crippen LogP) is 1.83. The summed E-state index contributed by atoms with van der Waals surface area (Å²) in [5.41, 5.74) is 2.05. The molecule has 0 saturated carbocycles. The van der Waals surface area contributed by atoms with Crippen LogP contribution in [0, 0.1) is 6.92 Å². The number of benzene rings is 1. The van der Waals surface area contributed by atoms with Gasteiger partial charge in [-0.25, -0.2) is 0 Å². The smallest absolute Gasteiger partial charge is 0.222 e. The minimum Gasteiger partial charge on any atom is -0.332 e. The molecule has 1 aromatic rings. The van der Waals surface area contributed by atoms with Gasteiger partial charge in [-0.3, -0.25) is 4.79 Å². The van der Waals surface area contributed by atoms with Gasteiger partial charge in [-0.1, -0.05) is 17.7 Å². The summed E-state index contributed by atoms with van der Waals surface area (Å²) in [6, 6.07) is 7.75. The van der Waals surface area contributed by atoms with E-state index in [9.17, 15) is 4.79 Å². The van der Waals surface area contributed by atoms with Gasteiger partial charge in [0.2, 0.25) is 5.91 Å². The molecule has 74 valence electrons. The number of hydrogen-bond acceptors (Lipinski definition) is 2. The molecule has 0 saturated heterocycles. The zero-order valence-electron chi connectivity index (χ0n) is 8.13. The van der Waals surface area contributed by atoms with Crippen LogP contribution >= 0.6 is 12.2 Å². The molecule has 0 aliphatic heterocycles. The van der Waals surface area contributed by atoms with E-state index in [1.165, 1.54) is 12.5 Å². The zero-order valence-corrected chi connectivity index (χ0v) is 8.94. The van der Waals surface area contributed by atoms with Gasteiger partial charge in [0.15, 0.2) is 5.11 Å². The van der Waals surface area contributed by atoms with Crippen LogP contribution in [0.25, 0.3) is 0 Å². The van der Waals surface area contributed by atoms with Crippen LogP contribution in [-0.4, -0.2) is 11.0 Å². The van der Waals surface area contributed by atoms with Crippen LogP contribution in [0.5, 0.6) is 0 Å². The number of carbonyl (C=O) groups excluding carboxylic acids is 1. The summed E-state index contributed by atoms with van der Waals surface area (Å²) in [6.07, 6.45) is 0. The number of nitrogens with one attached hydrogen (secondary N) is 2. The van der Waals surface area contributed by atoms with Gasteiger partial charge >= 0.3 is 0 Å². The highest BCUT2D eigenvalue weighted by Gasteiger charge is 1.98. The summed E-state index contributed by atoms with van der Waals surface area (Å²) in [6.45, 7) is 3.43. The molecule has 1 rings (SSSR count). The highest BCUT2D eigenvalue weighted by atomic mass is 32.1. The Morgan fingerprint density at radius 1 is 1.29 bits per heavy atom. The Morgan fingerprint density at radius 3 is 2.36 bits per heavy atom. The zero-order chi connectivity index (χ0) is 10.6. The molecule has 0 fully saturated rings. The minimum absolute atomic E-state index is 0.172. The third kappa shape index (κ3) is 3.53. The molecular formula is C10H12N2OS. The number of carbonyl (C=O) groups is 1. The van der Waals surface area contributed by atoms with Crippen molar-refractivity contribution in [1.29, 1.82) is 0 Å². The lowest BCUT2D eigenvalue weighted by atomic mass is 10.2. The molecule has 0 spiro atoms. The number of thiocarbonyl (C=S) groups is 1. The molecule has 1 amide bonds. The van der Waals surface area contributed by atoms with Gasteiger partial charge in [-0.2, -0.15) is 0 Å². The Hall–Kier alpha value is -1.42. The second-order valence-corrected chi connectivity index (χ2v) is 3.41. The van der Waals surface area contributed by atoms with Gasteiger partial charge in [-0.15, -0.1) is 0 Å². The maximum Gasteiger partial charge on any atom is 0.222 e. The molecule has 0 aromatic heterocycles. The topological polar surface area (TPSA) is 41.1 Å². The number of rotatable bonds is 1. The summed E-state index contributed by atoms with van der Waals surface area (Å²) in [5.74, 6) is -0.172. The number of hydrogen-bond donors (Lipinski definition) is 2. The van der Waals surface area contributed by atoms with E-state index in [1.807, 2.05) is 31.2 Å². The SMILES string of the molecule is CC(=O)NC(=S)Nc1ccc(C)cc1. The molecule has 3 nitrogen and oxygen atoms in total. The molecule has 14 heavy (non-hydrogen) atoms. The Bertz CT molecular complexity index is 346. The second kappa shape index (κ2) is 4.72. The Kier molecular flexibility index (Phi) is 3.59. The van der Waals surface area contributed by atoms with Crippen molar-refractivity contribution in [3.05, 3.63) is 29.8 Å². The van der Waals surface area contributed by atoms with Crippen LogP contribution in [0.1, 0.15) is 12.5 Å². The maximum atomic E-state index is 10.7. The van der Waals surface area contributed by atoms with E-state index >= 15 is 0 Å². The van der Waals surface area contributed by atoms with Crippen molar-refractivity contribution < 1.29 is 4.79 Å². The lowest BCUT2D eigenvalue weighted by Gasteiger charge is -2.07. The standard InChI is InChI=1S/C10H12N2OS/c1-7-3-5-9(6-4-7)12-10(14)11-8(2)13/h3-6H,1-2H3,(H2,11,12,13,14). The van der Waals surface area contributed by atoms with Crippen LogP contribution in [0.3, 0.4) is 0 Å². The van der Waals surface area contributed by atoms with E-state index in [4.69, 9.17) is 12.2 Å². The van der Waals surface area contributed by atoms with Crippen molar-refractivity contribution in [2.75, 3.05) is 5.32 Å². The molecule has 4 heteroatoms. The number of anilines is 1. The van der Waals surface area contributed by atoms with Crippen LogP contribution < -0.4 is 10.6 Å². The van der Waals surface area contributed by atoms with E-state index in [2.05, 4.69) is 10.6 Å². The Morgan fingerprint density at radius 2 is 1.86 bits per heavy atom. The normalized spacial score (nSPS) is 9.29. The lowest BCUT2D eigenvalue weighted by Crippen LogP contribution is -2.32. The van der Waals surface area contributed by atoms with Crippen molar-refractivity contribution in [3.63, 3.8) is 0 Å². The van der Waals surface area contributed by atoms with Gasteiger partial charge in [0.05, 0.1) is 0 Å². The van der Waals surface area contributed by atoms with Gasteiger partial charge < -0.3 is 10.6 Å². The highest BCUT2D eigenvalue weighted by molar-refractivity contribution is 7.80. The fraction of sp³-hybridized carbons (Fsp3) is 0.200. The number of aryl methyl sites for hydroxylation is 1. The highest BCUT2D eigenvalue weighted by Crippen LogP contribution is 2.07. The van der Waals surface area contributed by atoms with Crippen molar-refractivity contribution in [2.45, 2.75) is 13.8 Å². The first kappa shape index (κ1) is 10.7. The first-order valence-electron chi connectivity index (χ1n) is 4.23. The molecule has 1 aromatic carbocycles. The third-order valence-electron chi connectivity index (χ3n) is 1.60. The summed E-state index contributed by atoms with van der Waals surface area (Å²) >= 11 is 4.90. The molecule has 0 aliphatic rings. The van der Waals surface area contributed by atoms with Gasteiger partial charge in [0.1, 0.15) is 0 Å². The Labute approximate surface area is 88.5 Å². The molecule has 0 heterocycles. The second-order valence-electron chi connectivity index (χ2n) is 3.00. The Balaban J connectivity index is 2.56. The monoisotopic (exact) mass is 208 g/mol. The van der Waals surface area contributed by atoms with Crippen LogP contribution in [0.15, 0.2) is 24.3 Å². The van der Waals surface area contributed by atoms with Crippen molar-refractivity contribution in [2.24, 2.45) is 0 Å². The van der Waals surface area contributed by atoms with E-state index in [-0.39, 0.29) is 5.91 Å². The largest absolute Gasteiger partial charge is 0.332 e. The summed E-state index contributed by atoms with van der Waals surface area (Å²) in [4.78, 5) is 10.7. The van der Waals surface area contributed by atoms with E-state index in [0.717, 1.165) is 5.69 Å². The van der Waals surface area contributed by atoms with E-state index in [1.54, 1.807) is 0 Å². The molecule has 0 aliphatic carbocycles. The third-order valence-corrected chi connectivity index (χ3v) is 1.80. The predicted molar refractivity (Wildman–Crippen MR) is 61.2 cm³/mol. The fourth-order valence-corrected chi connectivity index (χ4v) is 1.22. The maximum absolute atomic E-state index is 10.7. The first-order valence-corrected chi connectivity index (χ1v) is 4.64. The van der Waals surface area contributed by atoms with E-state index in [0.29, 0.717) is 5.11 Å². The minimum atomic E-state index is -0.172. The number of amides is 1. The van der Waals surface area contributed by atoms with E-state index < -0.39 is 0 Å². The molecule has 2 N–H and O–H groups in total. The quantitative estimate of drug-likeness (QED) is 0.692. The molecule has 0 radical (unpaired) electrons. The van der Waals surface area contributed by atoms with Gasteiger partial charge in [0, 0.05) is 12.6 Å². The molecular weight excluding hydrogens is 196 g/mol. The molecule has 0 atom stereocenters. The van der Waals surface area contributed by atoms with Crippen molar-refractivity contribution in [3.8, 4) is 0 Å².